The monoisotopic (exact) mass is 342 g/mol. The van der Waals surface area contributed by atoms with Crippen molar-refractivity contribution in [3.63, 3.8) is 0 Å². The van der Waals surface area contributed by atoms with E-state index in [2.05, 4.69) is 29.8 Å². The minimum absolute atomic E-state index is 0.452. The second-order valence-corrected chi connectivity index (χ2v) is 9.02. The fourth-order valence-corrected chi connectivity index (χ4v) is 6.22. The van der Waals surface area contributed by atoms with Gasteiger partial charge in [-0.25, -0.2) is 0 Å². The van der Waals surface area contributed by atoms with Gasteiger partial charge in [-0.3, -0.25) is 0 Å². The second-order valence-electron chi connectivity index (χ2n) is 7.73. The van der Waals surface area contributed by atoms with E-state index in [1.165, 1.54) is 38.5 Å². The summed E-state index contributed by atoms with van der Waals surface area (Å²) in [6, 6.07) is 0. The van der Waals surface area contributed by atoms with Crippen LogP contribution in [0.3, 0.4) is 0 Å². The molecule has 2 aliphatic carbocycles. The average Bonchev–Trinajstić information content (AvgIpc) is 2.92. The van der Waals surface area contributed by atoms with Gasteiger partial charge < -0.3 is 9.47 Å². The third kappa shape index (κ3) is 2.19. The first kappa shape index (κ1) is 14.0. The Morgan fingerprint density at radius 3 is 2.50 bits per heavy atom. The lowest BCUT2D eigenvalue weighted by Gasteiger charge is -2.35. The fourth-order valence-electron chi connectivity index (χ4n) is 5.52. The summed E-state index contributed by atoms with van der Waals surface area (Å²) >= 11 is 3.86. The van der Waals surface area contributed by atoms with Gasteiger partial charge in [0, 0.05) is 10.7 Å². The van der Waals surface area contributed by atoms with Crippen molar-refractivity contribution in [3.05, 3.63) is 0 Å². The summed E-state index contributed by atoms with van der Waals surface area (Å²) in [7, 11) is 0. The molecule has 114 valence electrons. The highest BCUT2D eigenvalue weighted by atomic mass is 79.9. The molecule has 2 aliphatic heterocycles. The predicted molar refractivity (Wildman–Crippen MR) is 83.0 cm³/mol. The number of ether oxygens (including phenoxy) is 2. The van der Waals surface area contributed by atoms with Crippen LogP contribution in [0.4, 0.5) is 0 Å². The first-order chi connectivity index (χ1) is 9.63. The summed E-state index contributed by atoms with van der Waals surface area (Å²) in [5, 5.41) is 0. The van der Waals surface area contributed by atoms with Crippen molar-refractivity contribution in [3.8, 4) is 0 Å². The van der Waals surface area contributed by atoms with Crippen LogP contribution in [-0.2, 0) is 9.47 Å². The zero-order chi connectivity index (χ0) is 13.9. The Hall–Kier alpha value is 0.400. The highest BCUT2D eigenvalue weighted by molar-refractivity contribution is 9.09. The maximum Gasteiger partial charge on any atom is 0.0666 e. The van der Waals surface area contributed by atoms with E-state index in [1.54, 1.807) is 0 Å². The minimum Gasteiger partial charge on any atom is -0.375 e. The van der Waals surface area contributed by atoms with E-state index in [0.717, 1.165) is 17.8 Å². The number of alkyl halides is 1. The molecule has 0 N–H and O–H groups in total. The zero-order valence-corrected chi connectivity index (χ0v) is 14.2. The zero-order valence-electron chi connectivity index (χ0n) is 12.6. The summed E-state index contributed by atoms with van der Waals surface area (Å²) in [6.45, 7) is 4.70. The SMILES string of the molecule is CC1CC2C(C)CCC3OC4CCC(Br)CC4C3C2O1. The smallest absolute Gasteiger partial charge is 0.0666 e. The van der Waals surface area contributed by atoms with Gasteiger partial charge in [-0.1, -0.05) is 22.9 Å². The summed E-state index contributed by atoms with van der Waals surface area (Å²) in [6.07, 6.45) is 9.60. The topological polar surface area (TPSA) is 18.5 Å². The lowest BCUT2D eigenvalue weighted by atomic mass is 9.73. The molecule has 3 heteroatoms. The van der Waals surface area contributed by atoms with Crippen molar-refractivity contribution in [2.24, 2.45) is 23.7 Å². The third-order valence-corrected chi connectivity index (χ3v) is 7.31. The van der Waals surface area contributed by atoms with Crippen molar-refractivity contribution in [1.29, 1.82) is 0 Å². The summed E-state index contributed by atoms with van der Waals surface area (Å²) in [4.78, 5) is 0.698. The summed E-state index contributed by atoms with van der Waals surface area (Å²) in [5.74, 6) is 2.99. The lowest BCUT2D eigenvalue weighted by Crippen LogP contribution is -2.39. The van der Waals surface area contributed by atoms with Gasteiger partial charge in [0.15, 0.2) is 0 Å². The quantitative estimate of drug-likeness (QED) is 0.615. The average molecular weight is 343 g/mol. The number of hydrogen-bond donors (Lipinski definition) is 0. The highest BCUT2D eigenvalue weighted by Gasteiger charge is 2.55. The first-order valence-corrected chi connectivity index (χ1v) is 9.50. The Morgan fingerprint density at radius 1 is 0.850 bits per heavy atom. The van der Waals surface area contributed by atoms with Gasteiger partial charge in [0.25, 0.3) is 0 Å². The van der Waals surface area contributed by atoms with Gasteiger partial charge in [-0.2, -0.15) is 0 Å². The largest absolute Gasteiger partial charge is 0.375 e. The van der Waals surface area contributed by atoms with Crippen LogP contribution in [0.25, 0.3) is 0 Å². The van der Waals surface area contributed by atoms with E-state index >= 15 is 0 Å². The van der Waals surface area contributed by atoms with E-state index in [9.17, 15) is 0 Å². The normalized spacial score (nSPS) is 58.6. The Bertz CT molecular complexity index is 374. The van der Waals surface area contributed by atoms with Crippen molar-refractivity contribution in [2.75, 3.05) is 0 Å². The predicted octanol–water partition coefficient (Wildman–Crippen LogP) is 4.16. The molecule has 20 heavy (non-hydrogen) atoms. The van der Waals surface area contributed by atoms with E-state index in [-0.39, 0.29) is 0 Å². The molecule has 0 amide bonds. The van der Waals surface area contributed by atoms with Crippen molar-refractivity contribution >= 4 is 15.9 Å². The molecule has 2 nitrogen and oxygen atoms in total. The molecule has 9 unspecified atom stereocenters. The van der Waals surface area contributed by atoms with Gasteiger partial charge >= 0.3 is 0 Å². The van der Waals surface area contributed by atoms with E-state index < -0.39 is 0 Å². The van der Waals surface area contributed by atoms with Crippen LogP contribution in [0.1, 0.15) is 52.4 Å². The number of halogens is 1. The van der Waals surface area contributed by atoms with Crippen LogP contribution in [-0.4, -0.2) is 29.2 Å². The highest BCUT2D eigenvalue weighted by Crippen LogP contribution is 2.53. The molecule has 9 atom stereocenters. The van der Waals surface area contributed by atoms with Crippen LogP contribution in [0, 0.1) is 23.7 Å². The molecule has 0 radical (unpaired) electrons. The van der Waals surface area contributed by atoms with Gasteiger partial charge in [0.2, 0.25) is 0 Å². The Morgan fingerprint density at radius 2 is 1.65 bits per heavy atom. The van der Waals surface area contributed by atoms with Crippen LogP contribution < -0.4 is 0 Å². The Labute approximate surface area is 131 Å². The molecule has 0 aromatic rings. The number of fused-ring (bicyclic) bond motifs is 5. The molecule has 4 rings (SSSR count). The molecule has 0 aromatic carbocycles. The minimum atomic E-state index is 0.452. The van der Waals surface area contributed by atoms with Crippen molar-refractivity contribution in [1.82, 2.24) is 0 Å². The van der Waals surface area contributed by atoms with Crippen LogP contribution >= 0.6 is 15.9 Å². The van der Waals surface area contributed by atoms with Crippen molar-refractivity contribution in [2.45, 2.75) is 81.6 Å². The maximum absolute atomic E-state index is 6.49. The van der Waals surface area contributed by atoms with Crippen LogP contribution in [0.5, 0.6) is 0 Å². The van der Waals surface area contributed by atoms with Gasteiger partial charge in [-0.15, -0.1) is 0 Å². The van der Waals surface area contributed by atoms with E-state index in [1.807, 2.05) is 0 Å². The Balaban J connectivity index is 1.63. The molecular weight excluding hydrogens is 316 g/mol. The molecular formula is C17H27BrO2. The fraction of sp³-hybridized carbons (Fsp3) is 1.00. The molecule has 0 spiro atoms. The molecule has 0 aromatic heterocycles. The van der Waals surface area contributed by atoms with Gasteiger partial charge in [0.1, 0.15) is 0 Å². The van der Waals surface area contributed by atoms with Crippen molar-refractivity contribution < 1.29 is 9.47 Å². The maximum atomic E-state index is 6.49. The third-order valence-electron chi connectivity index (χ3n) is 6.48. The second kappa shape index (κ2) is 5.24. The molecule has 2 saturated carbocycles. The van der Waals surface area contributed by atoms with Gasteiger partial charge in [0.05, 0.1) is 24.4 Å². The van der Waals surface area contributed by atoms with Gasteiger partial charge in [-0.05, 0) is 63.2 Å². The van der Waals surface area contributed by atoms with E-state index in [4.69, 9.17) is 9.47 Å². The lowest BCUT2D eigenvalue weighted by molar-refractivity contribution is -0.0284. The Kier molecular flexibility index (Phi) is 3.67. The molecule has 2 heterocycles. The molecule has 2 saturated heterocycles. The number of rotatable bonds is 0. The van der Waals surface area contributed by atoms with Crippen LogP contribution in [0.2, 0.25) is 0 Å². The molecule has 4 fully saturated rings. The first-order valence-electron chi connectivity index (χ1n) is 8.58. The molecule has 4 aliphatic rings. The van der Waals surface area contributed by atoms with Crippen LogP contribution in [0.15, 0.2) is 0 Å². The van der Waals surface area contributed by atoms with E-state index in [0.29, 0.717) is 35.2 Å². The standard InChI is InChI=1S/C17H27BrO2/c1-9-3-5-15-16(17-12(9)7-10(2)19-17)13-8-11(18)4-6-14(13)20-15/h9-17H,3-8H2,1-2H3. The molecule has 0 bridgehead atoms. The summed E-state index contributed by atoms with van der Waals surface area (Å²) < 4.78 is 12.9. The summed E-state index contributed by atoms with van der Waals surface area (Å²) in [5.41, 5.74) is 0. The number of hydrogen-bond acceptors (Lipinski definition) is 2.